The van der Waals surface area contributed by atoms with Gasteiger partial charge in [-0.2, -0.15) is 0 Å². The van der Waals surface area contributed by atoms with Gasteiger partial charge in [-0.1, -0.05) is 6.58 Å². The van der Waals surface area contributed by atoms with Crippen molar-refractivity contribution in [1.29, 1.82) is 0 Å². The quantitative estimate of drug-likeness (QED) is 0.362. The number of amides is 1. The predicted molar refractivity (Wildman–Crippen MR) is 55.2 cm³/mol. The van der Waals surface area contributed by atoms with Gasteiger partial charge in [0.1, 0.15) is 31.8 Å². The fourth-order valence-electron chi connectivity index (χ4n) is 1.98. The van der Waals surface area contributed by atoms with Crippen LogP contribution < -0.4 is 0 Å². The number of carbonyl (C=O) groups excluding carboxylic acids is 1. The van der Waals surface area contributed by atoms with E-state index in [9.17, 15) is 4.79 Å². The van der Waals surface area contributed by atoms with Crippen molar-refractivity contribution in [3.8, 4) is 0 Å². The zero-order valence-corrected chi connectivity index (χ0v) is 9.15. The van der Waals surface area contributed by atoms with E-state index in [1.807, 2.05) is 6.08 Å². The van der Waals surface area contributed by atoms with Gasteiger partial charge in [0.2, 0.25) is 0 Å². The van der Waals surface area contributed by atoms with Crippen molar-refractivity contribution in [3.63, 3.8) is 0 Å². The molecule has 0 aliphatic carbocycles. The van der Waals surface area contributed by atoms with Crippen molar-refractivity contribution in [2.24, 2.45) is 0 Å². The number of epoxide rings is 2. The molecule has 0 spiro atoms. The van der Waals surface area contributed by atoms with Crippen molar-refractivity contribution in [2.75, 3.05) is 32.8 Å². The van der Waals surface area contributed by atoms with Crippen LogP contribution >= 0.6 is 0 Å². The zero-order chi connectivity index (χ0) is 10.9. The molecule has 0 N–H and O–H groups in total. The Morgan fingerprint density at radius 2 is 1.87 bits per heavy atom. The molecule has 2 aliphatic heterocycles. The molecule has 2 fully saturated rings. The Bertz CT molecular complexity index is 255. The Morgan fingerprint density at radius 3 is 2.13 bits per heavy atom. The summed E-state index contributed by atoms with van der Waals surface area (Å²) < 4.78 is 10.9. The summed E-state index contributed by atoms with van der Waals surface area (Å²) in [5, 5.41) is 0. The van der Waals surface area contributed by atoms with Crippen LogP contribution in [0.15, 0.2) is 12.7 Å². The molecule has 4 heteroatoms. The van der Waals surface area contributed by atoms with Crippen LogP contribution in [0.25, 0.3) is 0 Å². The number of rotatable bonds is 6. The first kappa shape index (κ1) is 10.8. The molecule has 2 atom stereocenters. The van der Waals surface area contributed by atoms with Crippen LogP contribution in [0, 0.1) is 0 Å². The second kappa shape index (κ2) is 4.04. The molecule has 1 amide bonds. The maximum Gasteiger partial charge on any atom is 0.311 e. The van der Waals surface area contributed by atoms with Crippen LogP contribution in [0.3, 0.4) is 0 Å². The number of hydrogen-bond donors (Lipinski definition) is 0. The summed E-state index contributed by atoms with van der Waals surface area (Å²) in [5.74, 6) is 0.181. The standard InChI is InChI=1S/C11H18NO3/c1-3-4-12(9(2)13,5-10-7-14-10)6-11-8-15-11/h3,10-11H,1,4-8H2,2H3/q+1. The van der Waals surface area contributed by atoms with Crippen molar-refractivity contribution in [1.82, 2.24) is 0 Å². The molecule has 2 aliphatic rings. The molecule has 84 valence electrons. The third kappa shape index (κ3) is 2.65. The van der Waals surface area contributed by atoms with E-state index in [-0.39, 0.29) is 18.1 Å². The summed E-state index contributed by atoms with van der Waals surface area (Å²) in [7, 11) is 0. The van der Waals surface area contributed by atoms with Crippen LogP contribution in [0.4, 0.5) is 0 Å². The molecule has 0 aromatic rings. The summed E-state index contributed by atoms with van der Waals surface area (Å²) in [6.07, 6.45) is 2.33. The molecule has 0 bridgehead atoms. The van der Waals surface area contributed by atoms with Gasteiger partial charge in [0.05, 0.1) is 20.1 Å². The van der Waals surface area contributed by atoms with Crippen LogP contribution in [0.1, 0.15) is 6.92 Å². The molecular formula is C11H18NO3+. The highest BCUT2D eigenvalue weighted by atomic mass is 16.6. The van der Waals surface area contributed by atoms with Gasteiger partial charge < -0.3 is 9.47 Å². The lowest BCUT2D eigenvalue weighted by molar-refractivity contribution is -0.849. The van der Waals surface area contributed by atoms with E-state index in [1.165, 1.54) is 0 Å². The molecular weight excluding hydrogens is 194 g/mol. The molecule has 0 saturated carbocycles. The second-order valence-electron chi connectivity index (χ2n) is 4.41. The van der Waals surface area contributed by atoms with Crippen molar-refractivity contribution < 1.29 is 18.8 Å². The summed E-state index contributed by atoms with van der Waals surface area (Å²) in [6, 6.07) is 0. The molecule has 0 aromatic carbocycles. The Labute approximate surface area is 90.0 Å². The molecule has 2 saturated heterocycles. The lowest BCUT2D eigenvalue weighted by Gasteiger charge is -2.33. The van der Waals surface area contributed by atoms with Crippen molar-refractivity contribution in [3.05, 3.63) is 12.7 Å². The first-order valence-corrected chi connectivity index (χ1v) is 5.37. The van der Waals surface area contributed by atoms with Crippen LogP contribution in [0.2, 0.25) is 0 Å². The normalized spacial score (nSPS) is 31.8. The van der Waals surface area contributed by atoms with Gasteiger partial charge in [-0.3, -0.25) is 4.48 Å². The fraction of sp³-hybridized carbons (Fsp3) is 0.727. The van der Waals surface area contributed by atoms with E-state index in [0.717, 1.165) is 26.3 Å². The fourth-order valence-corrected chi connectivity index (χ4v) is 1.98. The Morgan fingerprint density at radius 1 is 1.40 bits per heavy atom. The Kier molecular flexibility index (Phi) is 2.91. The average molecular weight is 212 g/mol. The SMILES string of the molecule is C=CC[N+](CC1CO1)(CC1CO1)C(C)=O. The summed E-state index contributed by atoms with van der Waals surface area (Å²) in [5.41, 5.74) is 0. The van der Waals surface area contributed by atoms with Crippen molar-refractivity contribution >= 4 is 5.91 Å². The number of nitrogens with zero attached hydrogens (tertiary/aromatic N) is 1. The van der Waals surface area contributed by atoms with E-state index in [2.05, 4.69) is 6.58 Å². The summed E-state index contributed by atoms with van der Waals surface area (Å²) in [4.78, 5) is 11.8. The second-order valence-corrected chi connectivity index (χ2v) is 4.41. The first-order valence-electron chi connectivity index (χ1n) is 5.37. The van der Waals surface area contributed by atoms with E-state index in [1.54, 1.807) is 6.92 Å². The van der Waals surface area contributed by atoms with Gasteiger partial charge in [-0.25, -0.2) is 4.79 Å². The van der Waals surface area contributed by atoms with Crippen LogP contribution in [-0.2, 0) is 14.3 Å². The van der Waals surface area contributed by atoms with Gasteiger partial charge in [-0.15, -0.1) is 0 Å². The highest BCUT2D eigenvalue weighted by molar-refractivity contribution is 5.66. The number of hydrogen-bond acceptors (Lipinski definition) is 3. The average Bonchev–Trinajstić information content (AvgIpc) is 3.00. The summed E-state index contributed by atoms with van der Waals surface area (Å²) in [6.45, 7) is 9.16. The monoisotopic (exact) mass is 212 g/mol. The lowest BCUT2D eigenvalue weighted by atomic mass is 10.2. The van der Waals surface area contributed by atoms with Crippen LogP contribution in [0.5, 0.6) is 0 Å². The minimum Gasteiger partial charge on any atom is -0.367 e. The van der Waals surface area contributed by atoms with Crippen molar-refractivity contribution in [2.45, 2.75) is 19.1 Å². The van der Waals surface area contributed by atoms with Gasteiger partial charge >= 0.3 is 5.91 Å². The molecule has 2 rings (SSSR count). The smallest absolute Gasteiger partial charge is 0.311 e. The maximum absolute atomic E-state index is 11.8. The third-order valence-electron chi connectivity index (χ3n) is 3.06. The van der Waals surface area contributed by atoms with E-state index in [0.29, 0.717) is 11.0 Å². The highest BCUT2D eigenvalue weighted by Gasteiger charge is 2.44. The number of ether oxygens (including phenoxy) is 2. The number of carbonyl (C=O) groups is 1. The molecule has 0 radical (unpaired) electrons. The number of quaternary nitrogens is 1. The van der Waals surface area contributed by atoms with E-state index < -0.39 is 0 Å². The van der Waals surface area contributed by atoms with E-state index in [4.69, 9.17) is 9.47 Å². The Balaban J connectivity index is 2.05. The molecule has 0 aromatic heterocycles. The largest absolute Gasteiger partial charge is 0.367 e. The maximum atomic E-state index is 11.8. The van der Waals surface area contributed by atoms with Gasteiger partial charge in [-0.05, 0) is 6.08 Å². The van der Waals surface area contributed by atoms with Gasteiger partial charge in [0.25, 0.3) is 0 Å². The topological polar surface area (TPSA) is 42.1 Å². The first-order chi connectivity index (χ1) is 7.16. The minimum absolute atomic E-state index is 0.181. The molecule has 4 nitrogen and oxygen atoms in total. The van der Waals surface area contributed by atoms with Gasteiger partial charge in [0, 0.05) is 0 Å². The third-order valence-corrected chi connectivity index (χ3v) is 3.06. The lowest BCUT2D eigenvalue weighted by Crippen LogP contribution is -2.56. The highest BCUT2D eigenvalue weighted by Crippen LogP contribution is 2.23. The predicted octanol–water partition coefficient (Wildman–Crippen LogP) is 0.333. The zero-order valence-electron chi connectivity index (χ0n) is 9.15. The molecule has 15 heavy (non-hydrogen) atoms. The van der Waals surface area contributed by atoms with Crippen LogP contribution in [-0.4, -0.2) is 55.4 Å². The van der Waals surface area contributed by atoms with Gasteiger partial charge in [0.15, 0.2) is 0 Å². The summed E-state index contributed by atoms with van der Waals surface area (Å²) >= 11 is 0. The molecule has 2 heterocycles. The molecule has 2 unspecified atom stereocenters. The Hall–Kier alpha value is -0.710. The minimum atomic E-state index is 0.181. The van der Waals surface area contributed by atoms with E-state index >= 15 is 0 Å².